The molecule has 0 saturated heterocycles. The number of hydrogen-bond acceptors (Lipinski definition) is 4. The Morgan fingerprint density at radius 1 is 1.28 bits per heavy atom. The second-order valence-electron chi connectivity index (χ2n) is 6.09. The lowest BCUT2D eigenvalue weighted by Crippen LogP contribution is -2.45. The Labute approximate surface area is 146 Å². The number of nitrogens with zero attached hydrogens (tertiary/aromatic N) is 2. The van der Waals surface area contributed by atoms with Crippen LogP contribution in [-0.4, -0.2) is 47.0 Å². The summed E-state index contributed by atoms with van der Waals surface area (Å²) in [5, 5.41) is 13.0. The van der Waals surface area contributed by atoms with Crippen molar-refractivity contribution in [2.75, 3.05) is 20.1 Å². The monoisotopic (exact) mass is 339 g/mol. The molecule has 0 saturated carbocycles. The highest BCUT2D eigenvalue weighted by atomic mass is 16.4. The minimum absolute atomic E-state index is 0.127. The van der Waals surface area contributed by atoms with Crippen molar-refractivity contribution >= 4 is 11.9 Å². The molecule has 25 heavy (non-hydrogen) atoms. The summed E-state index contributed by atoms with van der Waals surface area (Å²) in [4.78, 5) is 31.0. The van der Waals surface area contributed by atoms with Gasteiger partial charge >= 0.3 is 5.97 Å². The lowest BCUT2D eigenvalue weighted by molar-refractivity contribution is -0.140. The standard InChI is InChI=1S/C19H21N3O3/c1-20-9-5-11-22-17(13-6-4-10-21-12-13)16(19(24)25)14-7-2-3-8-15(14)18(22)23/h2-4,6-8,10,12,16-17,20H,5,9,11H2,1H3,(H,24,25). The molecule has 1 aromatic heterocycles. The zero-order valence-corrected chi connectivity index (χ0v) is 14.1. The molecule has 2 heterocycles. The molecule has 0 radical (unpaired) electrons. The van der Waals surface area contributed by atoms with E-state index in [1.807, 2.05) is 13.1 Å². The van der Waals surface area contributed by atoms with E-state index in [0.717, 1.165) is 18.5 Å². The van der Waals surface area contributed by atoms with E-state index in [4.69, 9.17) is 0 Å². The van der Waals surface area contributed by atoms with Gasteiger partial charge in [-0.05, 0) is 43.3 Å². The molecule has 1 aliphatic heterocycles. The molecule has 2 atom stereocenters. The summed E-state index contributed by atoms with van der Waals surface area (Å²) in [7, 11) is 1.85. The van der Waals surface area contributed by atoms with Crippen LogP contribution in [0, 0.1) is 0 Å². The molecule has 1 aliphatic rings. The Morgan fingerprint density at radius 2 is 2.08 bits per heavy atom. The van der Waals surface area contributed by atoms with Gasteiger partial charge in [0.1, 0.15) is 5.92 Å². The molecule has 0 fully saturated rings. The lowest BCUT2D eigenvalue weighted by atomic mass is 9.80. The summed E-state index contributed by atoms with van der Waals surface area (Å²) in [6, 6.07) is 10.0. The normalized spacial score (nSPS) is 19.6. The van der Waals surface area contributed by atoms with Crippen molar-refractivity contribution in [2.24, 2.45) is 0 Å². The summed E-state index contributed by atoms with van der Waals surface area (Å²) in [6.07, 6.45) is 4.03. The molecular weight excluding hydrogens is 318 g/mol. The molecule has 1 aromatic carbocycles. The maximum atomic E-state index is 13.1. The summed E-state index contributed by atoms with van der Waals surface area (Å²) in [5.41, 5.74) is 1.78. The molecular formula is C19H21N3O3. The van der Waals surface area contributed by atoms with Crippen LogP contribution < -0.4 is 5.32 Å². The van der Waals surface area contributed by atoms with Crippen LogP contribution >= 0.6 is 0 Å². The van der Waals surface area contributed by atoms with Gasteiger partial charge in [0.25, 0.3) is 5.91 Å². The average molecular weight is 339 g/mol. The van der Waals surface area contributed by atoms with Crippen LogP contribution in [-0.2, 0) is 4.79 Å². The number of hydrogen-bond donors (Lipinski definition) is 2. The van der Waals surface area contributed by atoms with Gasteiger partial charge in [-0.25, -0.2) is 0 Å². The van der Waals surface area contributed by atoms with E-state index >= 15 is 0 Å². The number of pyridine rings is 1. The second kappa shape index (κ2) is 7.44. The number of nitrogens with one attached hydrogen (secondary N) is 1. The maximum absolute atomic E-state index is 13.1. The summed E-state index contributed by atoms with van der Waals surface area (Å²) in [5.74, 6) is -1.88. The number of carbonyl (C=O) groups excluding carboxylic acids is 1. The van der Waals surface area contributed by atoms with Crippen LogP contribution in [0.15, 0.2) is 48.8 Å². The Hall–Kier alpha value is -2.73. The molecule has 6 nitrogen and oxygen atoms in total. The number of benzene rings is 1. The third-order valence-corrected chi connectivity index (χ3v) is 4.56. The van der Waals surface area contributed by atoms with E-state index < -0.39 is 17.9 Å². The molecule has 1 amide bonds. The largest absolute Gasteiger partial charge is 0.481 e. The molecule has 0 bridgehead atoms. The van der Waals surface area contributed by atoms with Crippen molar-refractivity contribution in [1.82, 2.24) is 15.2 Å². The predicted octanol–water partition coefficient (Wildman–Crippen LogP) is 2.06. The number of aromatic nitrogens is 1. The highest BCUT2D eigenvalue weighted by Crippen LogP contribution is 2.42. The van der Waals surface area contributed by atoms with E-state index in [9.17, 15) is 14.7 Å². The zero-order chi connectivity index (χ0) is 17.8. The van der Waals surface area contributed by atoms with Crippen molar-refractivity contribution in [3.05, 3.63) is 65.5 Å². The predicted molar refractivity (Wildman–Crippen MR) is 93.4 cm³/mol. The van der Waals surface area contributed by atoms with Gasteiger partial charge in [-0.3, -0.25) is 14.6 Å². The van der Waals surface area contributed by atoms with Gasteiger partial charge in [0.05, 0.1) is 6.04 Å². The Bertz CT molecular complexity index is 764. The van der Waals surface area contributed by atoms with E-state index in [0.29, 0.717) is 17.7 Å². The van der Waals surface area contributed by atoms with Crippen LogP contribution in [0.3, 0.4) is 0 Å². The highest BCUT2D eigenvalue weighted by Gasteiger charge is 2.43. The van der Waals surface area contributed by atoms with Crippen molar-refractivity contribution in [3.63, 3.8) is 0 Å². The molecule has 130 valence electrons. The van der Waals surface area contributed by atoms with Crippen molar-refractivity contribution in [1.29, 1.82) is 0 Å². The van der Waals surface area contributed by atoms with Gasteiger partial charge in [0.15, 0.2) is 0 Å². The van der Waals surface area contributed by atoms with Crippen molar-refractivity contribution < 1.29 is 14.7 Å². The van der Waals surface area contributed by atoms with Crippen LogP contribution in [0.2, 0.25) is 0 Å². The number of amides is 1. The van der Waals surface area contributed by atoms with Gasteiger partial charge in [-0.1, -0.05) is 24.3 Å². The quantitative estimate of drug-likeness (QED) is 0.787. The zero-order valence-electron chi connectivity index (χ0n) is 14.1. The van der Waals surface area contributed by atoms with Gasteiger partial charge < -0.3 is 15.3 Å². The number of aliphatic carboxylic acids is 1. The number of fused-ring (bicyclic) bond motifs is 1. The second-order valence-corrected chi connectivity index (χ2v) is 6.09. The average Bonchev–Trinajstić information content (AvgIpc) is 2.64. The third kappa shape index (κ3) is 3.25. The van der Waals surface area contributed by atoms with Crippen molar-refractivity contribution in [3.8, 4) is 0 Å². The van der Waals surface area contributed by atoms with Gasteiger partial charge in [-0.2, -0.15) is 0 Å². The molecule has 6 heteroatoms. The molecule has 0 aliphatic carbocycles. The first kappa shape index (κ1) is 17.1. The van der Waals surface area contributed by atoms with Gasteiger partial charge in [0, 0.05) is 24.5 Å². The smallest absolute Gasteiger partial charge is 0.313 e. The molecule has 2 aromatic rings. The van der Waals surface area contributed by atoms with Crippen LogP contribution in [0.4, 0.5) is 0 Å². The fourth-order valence-corrected chi connectivity index (χ4v) is 3.45. The molecule has 2 unspecified atom stereocenters. The SMILES string of the molecule is CNCCCN1C(=O)c2ccccc2C(C(=O)O)C1c1cccnc1. The Morgan fingerprint density at radius 3 is 2.76 bits per heavy atom. The Kier molecular flexibility index (Phi) is 5.09. The maximum Gasteiger partial charge on any atom is 0.313 e. The summed E-state index contributed by atoms with van der Waals surface area (Å²) < 4.78 is 0. The van der Waals surface area contributed by atoms with Crippen molar-refractivity contribution in [2.45, 2.75) is 18.4 Å². The minimum atomic E-state index is -0.938. The number of carboxylic acids is 1. The summed E-state index contributed by atoms with van der Waals surface area (Å²) in [6.45, 7) is 1.24. The van der Waals surface area contributed by atoms with Crippen LogP contribution in [0.25, 0.3) is 0 Å². The highest BCUT2D eigenvalue weighted by molar-refractivity contribution is 6.00. The van der Waals surface area contributed by atoms with Crippen LogP contribution in [0.5, 0.6) is 0 Å². The van der Waals surface area contributed by atoms with E-state index in [1.165, 1.54) is 0 Å². The van der Waals surface area contributed by atoms with Gasteiger partial charge in [-0.15, -0.1) is 0 Å². The fraction of sp³-hybridized carbons (Fsp3) is 0.316. The molecule has 2 N–H and O–H groups in total. The number of carboxylic acid groups (broad SMARTS) is 1. The third-order valence-electron chi connectivity index (χ3n) is 4.56. The Balaban J connectivity index is 2.11. The number of rotatable bonds is 6. The van der Waals surface area contributed by atoms with Crippen LogP contribution in [0.1, 0.15) is 39.9 Å². The lowest BCUT2D eigenvalue weighted by Gasteiger charge is -2.40. The first-order valence-corrected chi connectivity index (χ1v) is 8.32. The molecule has 0 spiro atoms. The van der Waals surface area contributed by atoms with Gasteiger partial charge in [0.2, 0.25) is 0 Å². The first-order valence-electron chi connectivity index (χ1n) is 8.32. The minimum Gasteiger partial charge on any atom is -0.481 e. The van der Waals surface area contributed by atoms with E-state index in [1.54, 1.807) is 47.6 Å². The van der Waals surface area contributed by atoms with E-state index in [-0.39, 0.29) is 5.91 Å². The summed E-state index contributed by atoms with van der Waals surface area (Å²) >= 11 is 0. The molecule has 3 rings (SSSR count). The topological polar surface area (TPSA) is 82.5 Å². The van der Waals surface area contributed by atoms with E-state index in [2.05, 4.69) is 10.3 Å². The fourth-order valence-electron chi connectivity index (χ4n) is 3.45. The first-order chi connectivity index (χ1) is 12.1. The number of carbonyl (C=O) groups is 2.